The van der Waals surface area contributed by atoms with Crippen molar-refractivity contribution in [1.82, 2.24) is 24.4 Å². The van der Waals surface area contributed by atoms with Crippen molar-refractivity contribution in [3.05, 3.63) is 69.0 Å². The highest BCUT2D eigenvalue weighted by Gasteiger charge is 2.28. The fourth-order valence-corrected chi connectivity index (χ4v) is 5.55. The van der Waals surface area contributed by atoms with Gasteiger partial charge in [-0.3, -0.25) is 9.59 Å². The van der Waals surface area contributed by atoms with Crippen molar-refractivity contribution in [3.8, 4) is 0 Å². The van der Waals surface area contributed by atoms with E-state index in [1.807, 2.05) is 11.9 Å². The Balaban J connectivity index is 1.28. The molecule has 3 N–H and O–H groups in total. The number of benzene rings is 1. The molecule has 13 heteroatoms. The Bertz CT molecular complexity index is 1680. The summed E-state index contributed by atoms with van der Waals surface area (Å²) in [6.45, 7) is 4.72. The number of fused-ring (bicyclic) bond motifs is 1. The van der Waals surface area contributed by atoms with E-state index in [1.165, 1.54) is 42.8 Å². The SMILES string of the molecule is CC(N)C(=O)NC(C)C(=O)OCn1c(N(C)C2CCN(c3nc4c(n3Cc3ccc(F)cc3)=CCCC=4)CC2)nccc1=O. The number of carbonyl (C=O) groups excluding carboxylic acids is 2. The van der Waals surface area contributed by atoms with Crippen molar-refractivity contribution in [1.29, 1.82) is 0 Å². The molecule has 2 atom stereocenters. The van der Waals surface area contributed by atoms with E-state index in [0.717, 1.165) is 61.0 Å². The summed E-state index contributed by atoms with van der Waals surface area (Å²) in [5.41, 5.74) is 6.20. The molecule has 0 bridgehead atoms. The Morgan fingerprint density at radius 3 is 2.52 bits per heavy atom. The van der Waals surface area contributed by atoms with Gasteiger partial charge in [-0.2, -0.15) is 0 Å². The van der Waals surface area contributed by atoms with E-state index in [9.17, 15) is 18.8 Å². The molecule has 5 rings (SSSR count). The number of carbonyl (C=O) groups is 2. The number of nitrogens with zero attached hydrogens (tertiary/aromatic N) is 6. The summed E-state index contributed by atoms with van der Waals surface area (Å²) in [6.07, 6.45) is 9.30. The average molecular weight is 607 g/mol. The molecule has 0 spiro atoms. The molecule has 2 aromatic heterocycles. The average Bonchev–Trinajstić information content (AvgIpc) is 3.39. The number of amides is 1. The Kier molecular flexibility index (Phi) is 9.43. The lowest BCUT2D eigenvalue weighted by molar-refractivity contribution is -0.151. The molecule has 1 amide bonds. The molecule has 0 radical (unpaired) electrons. The first-order valence-electron chi connectivity index (χ1n) is 14.9. The van der Waals surface area contributed by atoms with Gasteiger partial charge in [-0.25, -0.2) is 23.7 Å². The molecule has 44 heavy (non-hydrogen) atoms. The molecular formula is C31H39FN8O4. The molecule has 1 fully saturated rings. The van der Waals surface area contributed by atoms with E-state index < -0.39 is 24.0 Å². The number of anilines is 2. The van der Waals surface area contributed by atoms with Crippen LogP contribution in [0.4, 0.5) is 16.3 Å². The van der Waals surface area contributed by atoms with E-state index in [-0.39, 0.29) is 24.1 Å². The minimum atomic E-state index is -0.928. The standard InChI is InChI=1S/C31H39FN8O4/c1-20(33)28(42)35-21(2)29(43)44-19-40-27(41)12-15-34-30(40)37(3)24-13-16-38(17-14-24)31-36-25-6-4-5-7-26(25)39(31)18-22-8-10-23(32)11-9-22/h6-12,15,20-21,24H,4-5,13-14,16-19,33H2,1-3H3,(H,35,42). The smallest absolute Gasteiger partial charge is 0.330 e. The summed E-state index contributed by atoms with van der Waals surface area (Å²) < 4.78 is 22.4. The van der Waals surface area contributed by atoms with Crippen LogP contribution in [0.25, 0.3) is 12.2 Å². The molecule has 1 aliphatic carbocycles. The van der Waals surface area contributed by atoms with Crippen LogP contribution in [0.15, 0.2) is 41.3 Å². The number of halogens is 1. The van der Waals surface area contributed by atoms with Crippen LogP contribution in [0.2, 0.25) is 0 Å². The number of nitrogens with two attached hydrogens (primary N) is 1. The van der Waals surface area contributed by atoms with Gasteiger partial charge in [0.05, 0.1) is 23.3 Å². The van der Waals surface area contributed by atoms with E-state index in [2.05, 4.69) is 31.9 Å². The Hall–Kier alpha value is -4.52. The molecule has 2 unspecified atom stereocenters. The van der Waals surface area contributed by atoms with Gasteiger partial charge in [0.15, 0.2) is 6.73 Å². The van der Waals surface area contributed by atoms with Gasteiger partial charge in [-0.05, 0) is 57.2 Å². The first-order valence-corrected chi connectivity index (χ1v) is 14.9. The molecule has 3 aromatic rings. The van der Waals surface area contributed by atoms with E-state index in [1.54, 1.807) is 12.1 Å². The fraction of sp³-hybridized carbons (Fsp3) is 0.452. The van der Waals surface area contributed by atoms with Crippen LogP contribution in [0, 0.1) is 5.82 Å². The van der Waals surface area contributed by atoms with Crippen molar-refractivity contribution in [3.63, 3.8) is 0 Å². The molecule has 1 aliphatic heterocycles. The second-order valence-corrected chi connectivity index (χ2v) is 11.3. The normalized spacial score (nSPS) is 16.2. The number of ether oxygens (including phenoxy) is 1. The summed E-state index contributed by atoms with van der Waals surface area (Å²) in [4.78, 5) is 50.8. The van der Waals surface area contributed by atoms with Crippen LogP contribution < -0.4 is 37.1 Å². The van der Waals surface area contributed by atoms with Gasteiger partial charge < -0.3 is 30.2 Å². The Labute approximate surface area is 254 Å². The lowest BCUT2D eigenvalue weighted by Crippen LogP contribution is -2.47. The first kappa shape index (κ1) is 30.9. The monoisotopic (exact) mass is 606 g/mol. The summed E-state index contributed by atoms with van der Waals surface area (Å²) in [5.74, 6) is -0.154. The summed E-state index contributed by atoms with van der Waals surface area (Å²) in [5, 5.41) is 4.56. The van der Waals surface area contributed by atoms with E-state index in [4.69, 9.17) is 15.5 Å². The van der Waals surface area contributed by atoms with Crippen LogP contribution in [-0.2, 0) is 27.6 Å². The lowest BCUT2D eigenvalue weighted by Gasteiger charge is -2.38. The van der Waals surface area contributed by atoms with Gasteiger partial charge in [0.25, 0.3) is 5.56 Å². The zero-order valence-corrected chi connectivity index (χ0v) is 25.3. The third-order valence-corrected chi connectivity index (χ3v) is 8.10. The highest BCUT2D eigenvalue weighted by atomic mass is 19.1. The van der Waals surface area contributed by atoms with Crippen LogP contribution in [0.5, 0.6) is 0 Å². The van der Waals surface area contributed by atoms with Crippen LogP contribution in [0.3, 0.4) is 0 Å². The number of rotatable bonds is 10. The van der Waals surface area contributed by atoms with E-state index >= 15 is 0 Å². The van der Waals surface area contributed by atoms with Gasteiger partial charge >= 0.3 is 5.97 Å². The number of hydrogen-bond donors (Lipinski definition) is 2. The van der Waals surface area contributed by atoms with Crippen molar-refractivity contribution in [2.24, 2.45) is 5.73 Å². The maximum absolute atomic E-state index is 13.6. The van der Waals surface area contributed by atoms with Gasteiger partial charge in [0.2, 0.25) is 17.8 Å². The van der Waals surface area contributed by atoms with Crippen LogP contribution in [-0.4, -0.2) is 69.2 Å². The molecule has 234 valence electrons. The fourth-order valence-electron chi connectivity index (χ4n) is 5.55. The quantitative estimate of drug-likeness (QED) is 0.315. The second kappa shape index (κ2) is 13.4. The second-order valence-electron chi connectivity index (χ2n) is 11.3. The first-order chi connectivity index (χ1) is 21.1. The van der Waals surface area contributed by atoms with Gasteiger partial charge in [-0.15, -0.1) is 0 Å². The highest BCUT2D eigenvalue weighted by Crippen LogP contribution is 2.23. The minimum absolute atomic E-state index is 0.0695. The highest BCUT2D eigenvalue weighted by molar-refractivity contribution is 5.86. The number of aromatic nitrogens is 4. The Morgan fingerprint density at radius 1 is 1.11 bits per heavy atom. The summed E-state index contributed by atoms with van der Waals surface area (Å²) >= 11 is 0. The van der Waals surface area contributed by atoms with Gasteiger partial charge in [-0.1, -0.05) is 24.3 Å². The summed E-state index contributed by atoms with van der Waals surface area (Å²) in [6, 6.07) is 6.26. The molecule has 1 saturated heterocycles. The number of hydrogen-bond acceptors (Lipinski definition) is 9. The Morgan fingerprint density at radius 2 is 1.82 bits per heavy atom. The third-order valence-electron chi connectivity index (χ3n) is 8.10. The number of imidazole rings is 1. The predicted octanol–water partition coefficient (Wildman–Crippen LogP) is 0.440. The maximum Gasteiger partial charge on any atom is 0.330 e. The molecule has 0 saturated carbocycles. The topological polar surface area (TPSA) is 141 Å². The largest absolute Gasteiger partial charge is 0.442 e. The maximum atomic E-state index is 13.6. The van der Waals surface area contributed by atoms with Crippen molar-refractivity contribution in [2.45, 2.75) is 70.9 Å². The van der Waals surface area contributed by atoms with E-state index in [0.29, 0.717) is 12.5 Å². The summed E-state index contributed by atoms with van der Waals surface area (Å²) in [7, 11) is 1.88. The minimum Gasteiger partial charge on any atom is -0.442 e. The predicted molar refractivity (Wildman–Crippen MR) is 165 cm³/mol. The van der Waals surface area contributed by atoms with Crippen molar-refractivity contribution < 1.29 is 18.7 Å². The van der Waals surface area contributed by atoms with Crippen molar-refractivity contribution >= 4 is 35.9 Å². The molecule has 2 aliphatic rings. The van der Waals surface area contributed by atoms with Crippen LogP contribution in [0.1, 0.15) is 45.1 Å². The molecule has 12 nitrogen and oxygen atoms in total. The third kappa shape index (κ3) is 6.83. The zero-order chi connectivity index (χ0) is 31.4. The van der Waals surface area contributed by atoms with Crippen molar-refractivity contribution in [2.75, 3.05) is 29.9 Å². The zero-order valence-electron chi connectivity index (χ0n) is 25.3. The number of esters is 1. The van der Waals surface area contributed by atoms with Crippen LogP contribution >= 0.6 is 0 Å². The van der Waals surface area contributed by atoms with Gasteiger partial charge in [0.1, 0.15) is 11.9 Å². The number of nitrogens with one attached hydrogen (secondary N) is 1. The lowest BCUT2D eigenvalue weighted by atomic mass is 10.0. The molecule has 3 heterocycles. The molecular weight excluding hydrogens is 567 g/mol. The number of piperidine rings is 1. The van der Waals surface area contributed by atoms with Gasteiger partial charge in [0, 0.05) is 38.4 Å². The molecule has 1 aromatic carbocycles.